The molecule has 3 heteroatoms. The van der Waals surface area contributed by atoms with Crippen molar-refractivity contribution in [2.24, 2.45) is 0 Å². The SMILES string of the molecule is Cc1ccc([C@@H](O)CCCCc2ccc(Nc3ccc(C)c(-c4ccccc4)c3)cc2)cc1CO.[HH]. The number of benzene rings is 4. The highest BCUT2D eigenvalue weighted by Gasteiger charge is 2.09. The van der Waals surface area contributed by atoms with Crippen molar-refractivity contribution in [1.29, 1.82) is 0 Å². The van der Waals surface area contributed by atoms with Crippen LogP contribution < -0.4 is 5.32 Å². The fourth-order valence-corrected chi connectivity index (χ4v) is 4.45. The Labute approximate surface area is 210 Å². The molecule has 0 aromatic heterocycles. The van der Waals surface area contributed by atoms with E-state index in [-0.39, 0.29) is 8.03 Å². The summed E-state index contributed by atoms with van der Waals surface area (Å²) in [4.78, 5) is 0. The van der Waals surface area contributed by atoms with Crippen LogP contribution in [0.3, 0.4) is 0 Å². The highest BCUT2D eigenvalue weighted by atomic mass is 16.3. The van der Waals surface area contributed by atoms with Crippen molar-refractivity contribution in [3.8, 4) is 11.1 Å². The minimum atomic E-state index is -0.484. The third-order valence-electron chi connectivity index (χ3n) is 6.69. The summed E-state index contributed by atoms with van der Waals surface area (Å²) in [5, 5.41) is 23.5. The second-order valence-electron chi connectivity index (χ2n) is 9.32. The van der Waals surface area contributed by atoms with Gasteiger partial charge in [-0.2, -0.15) is 0 Å². The average Bonchev–Trinajstić information content (AvgIpc) is 2.89. The Morgan fingerprint density at radius 1 is 0.771 bits per heavy atom. The molecule has 4 aromatic rings. The van der Waals surface area contributed by atoms with Crippen LogP contribution in [0.25, 0.3) is 11.1 Å². The molecule has 182 valence electrons. The standard InChI is InChI=1S/C32H35NO2.H2/c1-23-12-16-27(20-28(23)22-34)32(35)11-7-6-8-25-14-18-29(19-15-25)33-30-17-13-24(2)31(21-30)26-9-4-3-5-10-26;/h3-5,9-10,12-21,32-35H,6-8,11,22H2,1-2H3;1H/t32-;/m0./s1. The van der Waals surface area contributed by atoms with Gasteiger partial charge in [0.25, 0.3) is 0 Å². The van der Waals surface area contributed by atoms with Crippen LogP contribution in [0.4, 0.5) is 11.4 Å². The van der Waals surface area contributed by atoms with Crippen LogP contribution in [0.15, 0.2) is 91.0 Å². The lowest BCUT2D eigenvalue weighted by Crippen LogP contribution is -2.00. The van der Waals surface area contributed by atoms with Gasteiger partial charge in [0.15, 0.2) is 0 Å². The number of anilines is 2. The molecule has 0 amide bonds. The van der Waals surface area contributed by atoms with Gasteiger partial charge in [-0.25, -0.2) is 0 Å². The summed E-state index contributed by atoms with van der Waals surface area (Å²) in [6, 6.07) is 31.5. The topological polar surface area (TPSA) is 52.5 Å². The van der Waals surface area contributed by atoms with Gasteiger partial charge in [0.1, 0.15) is 0 Å². The average molecular weight is 468 g/mol. The van der Waals surface area contributed by atoms with E-state index in [1.807, 2.05) is 31.2 Å². The lowest BCUT2D eigenvalue weighted by atomic mass is 9.98. The zero-order chi connectivity index (χ0) is 24.6. The maximum absolute atomic E-state index is 10.5. The van der Waals surface area contributed by atoms with Gasteiger partial charge in [-0.15, -0.1) is 0 Å². The van der Waals surface area contributed by atoms with E-state index in [0.717, 1.165) is 53.7 Å². The molecule has 35 heavy (non-hydrogen) atoms. The van der Waals surface area contributed by atoms with Gasteiger partial charge < -0.3 is 15.5 Å². The Hall–Kier alpha value is -3.40. The van der Waals surface area contributed by atoms with Crippen molar-refractivity contribution in [3.63, 3.8) is 0 Å². The number of hydrogen-bond acceptors (Lipinski definition) is 3. The van der Waals surface area contributed by atoms with Gasteiger partial charge in [0, 0.05) is 12.8 Å². The van der Waals surface area contributed by atoms with Gasteiger partial charge in [-0.3, -0.25) is 0 Å². The van der Waals surface area contributed by atoms with Crippen molar-refractivity contribution in [2.45, 2.75) is 52.2 Å². The number of aryl methyl sites for hydroxylation is 3. The van der Waals surface area contributed by atoms with Crippen LogP contribution in [-0.2, 0) is 13.0 Å². The number of aliphatic hydroxyl groups is 2. The van der Waals surface area contributed by atoms with Gasteiger partial charge in [0.05, 0.1) is 12.7 Å². The molecule has 0 unspecified atom stereocenters. The summed E-state index contributed by atoms with van der Waals surface area (Å²) in [5.41, 5.74) is 10.0. The molecule has 0 heterocycles. The summed E-state index contributed by atoms with van der Waals surface area (Å²) in [7, 11) is 0. The van der Waals surface area contributed by atoms with E-state index in [0.29, 0.717) is 0 Å². The molecule has 0 aliphatic heterocycles. The second kappa shape index (κ2) is 11.8. The number of rotatable bonds is 10. The number of unbranched alkanes of at least 4 members (excludes halogenated alkanes) is 1. The summed E-state index contributed by atoms with van der Waals surface area (Å²) in [5.74, 6) is 0. The first kappa shape index (κ1) is 24.7. The molecule has 0 saturated carbocycles. The lowest BCUT2D eigenvalue weighted by Gasteiger charge is -2.13. The van der Waals surface area contributed by atoms with Crippen LogP contribution >= 0.6 is 0 Å². The normalized spacial score (nSPS) is 11.9. The third kappa shape index (κ3) is 6.60. The van der Waals surface area contributed by atoms with E-state index in [1.165, 1.54) is 22.3 Å². The van der Waals surface area contributed by atoms with E-state index >= 15 is 0 Å². The third-order valence-corrected chi connectivity index (χ3v) is 6.69. The molecule has 0 saturated heterocycles. The molecule has 0 radical (unpaired) electrons. The van der Waals surface area contributed by atoms with Crippen LogP contribution in [-0.4, -0.2) is 10.2 Å². The highest BCUT2D eigenvalue weighted by Crippen LogP contribution is 2.28. The second-order valence-corrected chi connectivity index (χ2v) is 9.32. The molecule has 0 bridgehead atoms. The van der Waals surface area contributed by atoms with Crippen molar-refractivity contribution in [1.82, 2.24) is 0 Å². The minimum Gasteiger partial charge on any atom is -0.392 e. The smallest absolute Gasteiger partial charge is 0.0790 e. The molecule has 0 aliphatic carbocycles. The predicted octanol–water partition coefficient (Wildman–Crippen LogP) is 7.90. The molecule has 0 fully saturated rings. The van der Waals surface area contributed by atoms with E-state index < -0.39 is 6.10 Å². The molecule has 3 nitrogen and oxygen atoms in total. The molecule has 0 spiro atoms. The molecule has 4 rings (SSSR count). The summed E-state index contributed by atoms with van der Waals surface area (Å²) < 4.78 is 0. The maximum atomic E-state index is 10.5. The van der Waals surface area contributed by atoms with Crippen LogP contribution in [0.5, 0.6) is 0 Å². The van der Waals surface area contributed by atoms with Gasteiger partial charge in [-0.05, 0) is 96.3 Å². The quantitative estimate of drug-likeness (QED) is 0.208. The van der Waals surface area contributed by atoms with E-state index in [4.69, 9.17) is 0 Å². The number of hydrogen-bond donors (Lipinski definition) is 3. The molecular formula is C32H37NO2. The van der Waals surface area contributed by atoms with E-state index in [1.54, 1.807) is 0 Å². The van der Waals surface area contributed by atoms with Crippen LogP contribution in [0, 0.1) is 13.8 Å². The van der Waals surface area contributed by atoms with Crippen LogP contribution in [0.1, 0.15) is 54.6 Å². The Morgan fingerprint density at radius 2 is 1.49 bits per heavy atom. The van der Waals surface area contributed by atoms with Gasteiger partial charge in [0.2, 0.25) is 0 Å². The van der Waals surface area contributed by atoms with E-state index in [9.17, 15) is 10.2 Å². The Morgan fingerprint density at radius 3 is 2.23 bits per heavy atom. The number of aliphatic hydroxyl groups excluding tert-OH is 2. The summed E-state index contributed by atoms with van der Waals surface area (Å²) >= 11 is 0. The first-order chi connectivity index (χ1) is 17.0. The lowest BCUT2D eigenvalue weighted by molar-refractivity contribution is 0.163. The summed E-state index contributed by atoms with van der Waals surface area (Å²) in [6.45, 7) is 4.13. The predicted molar refractivity (Wildman–Crippen MR) is 148 cm³/mol. The molecular weight excluding hydrogens is 430 g/mol. The largest absolute Gasteiger partial charge is 0.392 e. The zero-order valence-corrected chi connectivity index (χ0v) is 20.7. The van der Waals surface area contributed by atoms with Crippen LogP contribution in [0.2, 0.25) is 0 Å². The molecule has 3 N–H and O–H groups in total. The van der Waals surface area contributed by atoms with Gasteiger partial charge >= 0.3 is 0 Å². The number of nitrogens with one attached hydrogen (secondary N) is 1. The Balaban J connectivity index is 0.00000361. The van der Waals surface area contributed by atoms with Crippen molar-refractivity contribution >= 4 is 11.4 Å². The van der Waals surface area contributed by atoms with Crippen molar-refractivity contribution in [3.05, 3.63) is 119 Å². The Kier molecular flexibility index (Phi) is 8.36. The molecule has 0 aliphatic rings. The summed E-state index contributed by atoms with van der Waals surface area (Å²) in [6.07, 6.45) is 3.22. The monoisotopic (exact) mass is 467 g/mol. The highest BCUT2D eigenvalue weighted by molar-refractivity contribution is 5.73. The first-order valence-corrected chi connectivity index (χ1v) is 12.4. The van der Waals surface area contributed by atoms with Crippen molar-refractivity contribution < 1.29 is 11.6 Å². The van der Waals surface area contributed by atoms with Crippen molar-refractivity contribution in [2.75, 3.05) is 5.32 Å². The Bertz CT molecular complexity index is 1240. The molecule has 4 aromatic carbocycles. The molecule has 1 atom stereocenters. The zero-order valence-electron chi connectivity index (χ0n) is 20.7. The minimum absolute atomic E-state index is 0. The fraction of sp³-hybridized carbons (Fsp3) is 0.250. The fourth-order valence-electron chi connectivity index (χ4n) is 4.45. The van der Waals surface area contributed by atoms with E-state index in [2.05, 4.69) is 79.0 Å². The van der Waals surface area contributed by atoms with Gasteiger partial charge in [-0.1, -0.05) is 73.2 Å². The maximum Gasteiger partial charge on any atom is 0.0790 e. The first-order valence-electron chi connectivity index (χ1n) is 12.4.